The molecule has 1 aromatic carbocycles. The van der Waals surface area contributed by atoms with Crippen molar-refractivity contribution in [1.29, 1.82) is 0 Å². The molecule has 3 rings (SSSR count). The molecule has 23 heavy (non-hydrogen) atoms. The number of halogens is 1. The fourth-order valence-electron chi connectivity index (χ4n) is 2.29. The normalized spacial score (nSPS) is 11.1. The minimum absolute atomic E-state index is 0.209. The first-order valence-corrected chi connectivity index (χ1v) is 7.43. The van der Waals surface area contributed by atoms with Gasteiger partial charge >= 0.3 is 0 Å². The summed E-state index contributed by atoms with van der Waals surface area (Å²) < 4.78 is 12.9. The monoisotopic (exact) mass is 312 g/mol. The van der Waals surface area contributed by atoms with Crippen molar-refractivity contribution in [3.63, 3.8) is 0 Å². The zero-order chi connectivity index (χ0) is 16.4. The second-order valence-electron chi connectivity index (χ2n) is 5.81. The van der Waals surface area contributed by atoms with E-state index in [9.17, 15) is 9.18 Å². The number of aromatic amines is 1. The summed E-state index contributed by atoms with van der Waals surface area (Å²) in [4.78, 5) is 15.9. The van der Waals surface area contributed by atoms with Crippen LogP contribution in [-0.4, -0.2) is 27.6 Å². The first-order valence-electron chi connectivity index (χ1n) is 7.43. The van der Waals surface area contributed by atoms with Crippen LogP contribution in [0.3, 0.4) is 0 Å². The van der Waals surface area contributed by atoms with Crippen molar-refractivity contribution in [2.75, 3.05) is 6.54 Å². The molecular formula is C17H17FN4O. The van der Waals surface area contributed by atoms with Gasteiger partial charge < -0.3 is 5.32 Å². The van der Waals surface area contributed by atoms with E-state index < -0.39 is 5.95 Å². The molecule has 0 aliphatic rings. The number of benzene rings is 1. The van der Waals surface area contributed by atoms with Gasteiger partial charge in [0.2, 0.25) is 5.95 Å². The van der Waals surface area contributed by atoms with Gasteiger partial charge in [-0.05, 0) is 35.7 Å². The van der Waals surface area contributed by atoms with Crippen molar-refractivity contribution in [1.82, 2.24) is 20.5 Å². The van der Waals surface area contributed by atoms with Gasteiger partial charge in [0, 0.05) is 23.7 Å². The number of H-pyrrole nitrogens is 1. The summed E-state index contributed by atoms with van der Waals surface area (Å²) in [5.74, 6) is -0.365. The van der Waals surface area contributed by atoms with Crippen LogP contribution in [0, 0.1) is 11.9 Å². The van der Waals surface area contributed by atoms with Crippen LogP contribution in [0.5, 0.6) is 0 Å². The van der Waals surface area contributed by atoms with E-state index in [1.165, 1.54) is 12.3 Å². The first-order chi connectivity index (χ1) is 11.0. The van der Waals surface area contributed by atoms with Gasteiger partial charge in [-0.1, -0.05) is 19.9 Å². The van der Waals surface area contributed by atoms with Gasteiger partial charge in [0.1, 0.15) is 0 Å². The molecule has 0 atom stereocenters. The quantitative estimate of drug-likeness (QED) is 0.727. The standard InChI is InChI=1S/C17H17FN4O/c1-10(2)8-20-17(23)16-13-7-11(3-5-14(13)21-22-16)12-4-6-15(18)19-9-12/h3-7,9-10H,8H2,1-2H3,(H,20,23)(H,21,22). The van der Waals surface area contributed by atoms with Crippen molar-refractivity contribution < 1.29 is 9.18 Å². The number of nitrogens with zero attached hydrogens (tertiary/aromatic N) is 2. The smallest absolute Gasteiger partial charge is 0.272 e. The molecule has 2 N–H and O–H groups in total. The SMILES string of the molecule is CC(C)CNC(=O)c1n[nH]c2ccc(-c3ccc(F)nc3)cc12. The molecule has 2 aromatic heterocycles. The van der Waals surface area contributed by atoms with Gasteiger partial charge in [0.05, 0.1) is 5.52 Å². The molecule has 0 saturated heterocycles. The van der Waals surface area contributed by atoms with Crippen molar-refractivity contribution in [2.45, 2.75) is 13.8 Å². The Bertz CT molecular complexity index is 839. The lowest BCUT2D eigenvalue weighted by Gasteiger charge is -2.06. The molecule has 6 heteroatoms. The first kappa shape index (κ1) is 15.1. The third-order valence-corrected chi connectivity index (χ3v) is 3.51. The van der Waals surface area contributed by atoms with E-state index in [1.807, 2.05) is 32.0 Å². The molecule has 5 nitrogen and oxygen atoms in total. The van der Waals surface area contributed by atoms with Gasteiger partial charge in [-0.2, -0.15) is 9.49 Å². The number of rotatable bonds is 4. The highest BCUT2D eigenvalue weighted by Gasteiger charge is 2.15. The number of nitrogens with one attached hydrogen (secondary N) is 2. The lowest BCUT2D eigenvalue weighted by atomic mass is 10.0. The van der Waals surface area contributed by atoms with E-state index in [2.05, 4.69) is 20.5 Å². The highest BCUT2D eigenvalue weighted by Crippen LogP contribution is 2.25. The largest absolute Gasteiger partial charge is 0.350 e. The molecule has 0 radical (unpaired) electrons. The Morgan fingerprint density at radius 1 is 1.26 bits per heavy atom. The fraction of sp³-hybridized carbons (Fsp3) is 0.235. The van der Waals surface area contributed by atoms with Crippen LogP contribution >= 0.6 is 0 Å². The number of carbonyl (C=O) groups is 1. The summed E-state index contributed by atoms with van der Waals surface area (Å²) in [5, 5.41) is 10.6. The average Bonchev–Trinajstić information content (AvgIpc) is 2.96. The summed E-state index contributed by atoms with van der Waals surface area (Å²) in [5.41, 5.74) is 2.77. The Morgan fingerprint density at radius 3 is 2.74 bits per heavy atom. The Balaban J connectivity index is 1.96. The molecule has 0 bridgehead atoms. The van der Waals surface area contributed by atoms with Gasteiger partial charge in [0.25, 0.3) is 5.91 Å². The lowest BCUT2D eigenvalue weighted by molar-refractivity contribution is 0.0945. The molecule has 2 heterocycles. The summed E-state index contributed by atoms with van der Waals surface area (Å²) in [7, 11) is 0. The maximum Gasteiger partial charge on any atom is 0.272 e. The minimum Gasteiger partial charge on any atom is -0.350 e. The third-order valence-electron chi connectivity index (χ3n) is 3.51. The third kappa shape index (κ3) is 3.21. The maximum absolute atomic E-state index is 12.9. The molecule has 0 unspecified atom stereocenters. The number of aromatic nitrogens is 3. The van der Waals surface area contributed by atoms with Crippen molar-refractivity contribution >= 4 is 16.8 Å². The van der Waals surface area contributed by atoms with E-state index >= 15 is 0 Å². The number of hydrogen-bond donors (Lipinski definition) is 2. The molecule has 0 saturated carbocycles. The molecule has 0 spiro atoms. The fourth-order valence-corrected chi connectivity index (χ4v) is 2.29. The van der Waals surface area contributed by atoms with E-state index in [1.54, 1.807) is 6.07 Å². The van der Waals surface area contributed by atoms with Gasteiger partial charge in [0.15, 0.2) is 5.69 Å². The number of fused-ring (bicyclic) bond motifs is 1. The van der Waals surface area contributed by atoms with Gasteiger partial charge in [-0.15, -0.1) is 0 Å². The predicted octanol–water partition coefficient (Wildman–Crippen LogP) is 3.15. The zero-order valence-corrected chi connectivity index (χ0v) is 12.9. The van der Waals surface area contributed by atoms with Crippen LogP contribution in [0.15, 0.2) is 36.5 Å². The lowest BCUT2D eigenvalue weighted by Crippen LogP contribution is -2.27. The van der Waals surface area contributed by atoms with Crippen molar-refractivity contribution in [3.05, 3.63) is 48.2 Å². The Labute approximate surface area is 132 Å². The van der Waals surface area contributed by atoms with Crippen LogP contribution in [0.1, 0.15) is 24.3 Å². The average molecular weight is 312 g/mol. The van der Waals surface area contributed by atoms with E-state index in [0.717, 1.165) is 22.0 Å². The van der Waals surface area contributed by atoms with Crippen LogP contribution in [0.4, 0.5) is 4.39 Å². The number of amides is 1. The van der Waals surface area contributed by atoms with E-state index in [-0.39, 0.29) is 5.91 Å². The molecule has 3 aromatic rings. The summed E-state index contributed by atoms with van der Waals surface area (Å²) >= 11 is 0. The zero-order valence-electron chi connectivity index (χ0n) is 12.9. The van der Waals surface area contributed by atoms with E-state index in [0.29, 0.717) is 18.2 Å². The molecule has 1 amide bonds. The van der Waals surface area contributed by atoms with Crippen LogP contribution in [0.2, 0.25) is 0 Å². The molecular weight excluding hydrogens is 295 g/mol. The van der Waals surface area contributed by atoms with E-state index in [4.69, 9.17) is 0 Å². The Kier molecular flexibility index (Phi) is 4.06. The van der Waals surface area contributed by atoms with Crippen molar-refractivity contribution in [2.24, 2.45) is 5.92 Å². The second kappa shape index (κ2) is 6.16. The number of pyridine rings is 1. The molecule has 0 aliphatic carbocycles. The van der Waals surface area contributed by atoms with Crippen LogP contribution in [0.25, 0.3) is 22.0 Å². The van der Waals surface area contributed by atoms with Crippen LogP contribution in [-0.2, 0) is 0 Å². The summed E-state index contributed by atoms with van der Waals surface area (Å²) in [6.07, 6.45) is 1.47. The summed E-state index contributed by atoms with van der Waals surface area (Å²) in [6.45, 7) is 4.65. The highest BCUT2D eigenvalue weighted by atomic mass is 19.1. The number of carbonyl (C=O) groups excluding carboxylic acids is 1. The second-order valence-corrected chi connectivity index (χ2v) is 5.81. The summed E-state index contributed by atoms with van der Waals surface area (Å²) in [6, 6.07) is 8.55. The van der Waals surface area contributed by atoms with Crippen LogP contribution < -0.4 is 5.32 Å². The maximum atomic E-state index is 12.9. The van der Waals surface area contributed by atoms with Gasteiger partial charge in [-0.3, -0.25) is 9.89 Å². The molecule has 118 valence electrons. The Morgan fingerprint density at radius 2 is 2.04 bits per heavy atom. The van der Waals surface area contributed by atoms with Crippen molar-refractivity contribution in [3.8, 4) is 11.1 Å². The number of hydrogen-bond acceptors (Lipinski definition) is 3. The highest BCUT2D eigenvalue weighted by molar-refractivity contribution is 6.05. The van der Waals surface area contributed by atoms with Gasteiger partial charge in [-0.25, -0.2) is 4.98 Å². The molecule has 0 fully saturated rings. The Hall–Kier alpha value is -2.76. The molecule has 0 aliphatic heterocycles. The topological polar surface area (TPSA) is 70.7 Å². The minimum atomic E-state index is -0.521. The predicted molar refractivity (Wildman–Crippen MR) is 86.5 cm³/mol.